The van der Waals surface area contributed by atoms with Gasteiger partial charge < -0.3 is 10.1 Å². The zero-order chi connectivity index (χ0) is 18.6. The van der Waals surface area contributed by atoms with E-state index < -0.39 is 11.0 Å². The van der Waals surface area contributed by atoms with Gasteiger partial charge in [0.15, 0.2) is 6.10 Å². The molecule has 2 aromatic carbocycles. The van der Waals surface area contributed by atoms with Gasteiger partial charge in [0.1, 0.15) is 5.75 Å². The molecular formula is C18H19ClN2O4. The summed E-state index contributed by atoms with van der Waals surface area (Å²) in [5, 5.41) is 14.3. The molecule has 0 aromatic heterocycles. The van der Waals surface area contributed by atoms with Gasteiger partial charge in [0.05, 0.1) is 16.2 Å². The fraction of sp³-hybridized carbons (Fsp3) is 0.278. The summed E-state index contributed by atoms with van der Waals surface area (Å²) in [6, 6.07) is 9.72. The lowest BCUT2D eigenvalue weighted by Gasteiger charge is -2.18. The highest BCUT2D eigenvalue weighted by Crippen LogP contribution is 2.26. The van der Waals surface area contributed by atoms with Gasteiger partial charge >= 0.3 is 0 Å². The minimum Gasteiger partial charge on any atom is -0.481 e. The number of nitro groups is 1. The van der Waals surface area contributed by atoms with E-state index in [2.05, 4.69) is 5.32 Å². The molecule has 25 heavy (non-hydrogen) atoms. The van der Waals surface area contributed by atoms with E-state index in [9.17, 15) is 14.9 Å². The molecule has 0 saturated carbocycles. The Morgan fingerprint density at radius 3 is 2.64 bits per heavy atom. The highest BCUT2D eigenvalue weighted by Gasteiger charge is 2.21. The molecule has 7 heteroatoms. The molecular weight excluding hydrogens is 344 g/mol. The van der Waals surface area contributed by atoms with Gasteiger partial charge in [-0.3, -0.25) is 14.9 Å². The largest absolute Gasteiger partial charge is 0.481 e. The van der Waals surface area contributed by atoms with Crippen molar-refractivity contribution in [3.8, 4) is 5.75 Å². The summed E-state index contributed by atoms with van der Waals surface area (Å²) >= 11 is 5.99. The second-order valence-electron chi connectivity index (χ2n) is 5.62. The maximum atomic E-state index is 12.5. The molecule has 2 rings (SSSR count). The Morgan fingerprint density at radius 2 is 2.04 bits per heavy atom. The number of hydrogen-bond donors (Lipinski definition) is 1. The zero-order valence-corrected chi connectivity index (χ0v) is 15.0. The van der Waals surface area contributed by atoms with Crippen LogP contribution in [0.25, 0.3) is 0 Å². The summed E-state index contributed by atoms with van der Waals surface area (Å²) in [4.78, 5) is 23.0. The summed E-state index contributed by atoms with van der Waals surface area (Å²) < 4.78 is 5.75. The average molecular weight is 363 g/mol. The summed E-state index contributed by atoms with van der Waals surface area (Å²) in [6.45, 7) is 5.27. The molecule has 0 saturated heterocycles. The van der Waals surface area contributed by atoms with E-state index in [1.54, 1.807) is 31.2 Å². The number of benzene rings is 2. The Kier molecular flexibility index (Phi) is 5.98. The van der Waals surface area contributed by atoms with E-state index in [1.165, 1.54) is 12.1 Å². The average Bonchev–Trinajstić information content (AvgIpc) is 2.57. The SMILES string of the molecule is CC[C@H](Oc1ccc(Cl)c(C)c1)C(=O)Nc1cccc([N+](=O)[O-])c1C. The van der Waals surface area contributed by atoms with Crippen molar-refractivity contribution in [2.24, 2.45) is 0 Å². The predicted octanol–water partition coefficient (Wildman–Crippen LogP) is 4.66. The molecule has 1 atom stereocenters. The van der Waals surface area contributed by atoms with Crippen LogP contribution in [0.4, 0.5) is 11.4 Å². The minimum absolute atomic E-state index is 0.0416. The topological polar surface area (TPSA) is 81.5 Å². The van der Waals surface area contributed by atoms with E-state index in [4.69, 9.17) is 16.3 Å². The van der Waals surface area contributed by atoms with Gasteiger partial charge in [0, 0.05) is 11.1 Å². The van der Waals surface area contributed by atoms with Gasteiger partial charge in [-0.25, -0.2) is 0 Å². The monoisotopic (exact) mass is 362 g/mol. The Labute approximate surface area is 150 Å². The molecule has 0 bridgehead atoms. The van der Waals surface area contributed by atoms with Crippen molar-refractivity contribution in [3.05, 3.63) is 62.7 Å². The second kappa shape index (κ2) is 7.98. The molecule has 0 spiro atoms. The van der Waals surface area contributed by atoms with Crippen LogP contribution < -0.4 is 10.1 Å². The van der Waals surface area contributed by atoms with Gasteiger partial charge in [0.25, 0.3) is 11.6 Å². The Hall–Kier alpha value is -2.60. The molecule has 0 heterocycles. The summed E-state index contributed by atoms with van der Waals surface area (Å²) in [7, 11) is 0. The van der Waals surface area contributed by atoms with Crippen LogP contribution >= 0.6 is 11.6 Å². The van der Waals surface area contributed by atoms with Crippen molar-refractivity contribution >= 4 is 28.9 Å². The van der Waals surface area contributed by atoms with Crippen molar-refractivity contribution in [2.75, 3.05) is 5.32 Å². The molecule has 0 radical (unpaired) electrons. The van der Waals surface area contributed by atoms with E-state index >= 15 is 0 Å². The predicted molar refractivity (Wildman–Crippen MR) is 97.4 cm³/mol. The first-order valence-electron chi connectivity index (χ1n) is 7.81. The van der Waals surface area contributed by atoms with Gasteiger partial charge in [-0.15, -0.1) is 0 Å². The van der Waals surface area contributed by atoms with Gasteiger partial charge in [0.2, 0.25) is 0 Å². The number of halogens is 1. The highest BCUT2D eigenvalue weighted by molar-refractivity contribution is 6.31. The molecule has 2 aromatic rings. The lowest BCUT2D eigenvalue weighted by molar-refractivity contribution is -0.385. The van der Waals surface area contributed by atoms with Crippen molar-refractivity contribution in [1.82, 2.24) is 0 Å². The molecule has 0 fully saturated rings. The van der Waals surface area contributed by atoms with Crippen molar-refractivity contribution in [2.45, 2.75) is 33.3 Å². The minimum atomic E-state index is -0.723. The first kappa shape index (κ1) is 18.7. The maximum absolute atomic E-state index is 12.5. The number of nitrogens with zero attached hydrogens (tertiary/aromatic N) is 1. The van der Waals surface area contributed by atoms with Crippen LogP contribution in [-0.2, 0) is 4.79 Å². The van der Waals surface area contributed by atoms with Crippen LogP contribution in [0.1, 0.15) is 24.5 Å². The van der Waals surface area contributed by atoms with E-state index in [0.29, 0.717) is 28.4 Å². The van der Waals surface area contributed by atoms with E-state index in [-0.39, 0.29) is 11.6 Å². The number of carbonyl (C=O) groups is 1. The standard InChI is InChI=1S/C18H19ClN2O4/c1-4-17(25-13-8-9-14(19)11(2)10-13)18(22)20-15-6-5-7-16(12(15)3)21(23)24/h5-10,17H,4H2,1-3H3,(H,20,22)/t17-/m0/s1. The Morgan fingerprint density at radius 1 is 1.32 bits per heavy atom. The lowest BCUT2D eigenvalue weighted by atomic mass is 10.1. The molecule has 132 valence electrons. The smallest absolute Gasteiger partial charge is 0.274 e. The number of anilines is 1. The Bertz CT molecular complexity index is 808. The van der Waals surface area contributed by atoms with Crippen molar-refractivity contribution in [1.29, 1.82) is 0 Å². The van der Waals surface area contributed by atoms with E-state index in [1.807, 2.05) is 13.8 Å². The number of aryl methyl sites for hydroxylation is 1. The molecule has 0 aliphatic heterocycles. The number of hydrogen-bond acceptors (Lipinski definition) is 4. The number of carbonyl (C=O) groups excluding carboxylic acids is 1. The number of nitro benzene ring substituents is 1. The lowest BCUT2D eigenvalue weighted by Crippen LogP contribution is -2.32. The molecule has 0 unspecified atom stereocenters. The number of amides is 1. The normalized spacial score (nSPS) is 11.7. The van der Waals surface area contributed by atoms with Gasteiger partial charge in [-0.1, -0.05) is 24.6 Å². The third-order valence-corrected chi connectivity index (χ3v) is 4.25. The highest BCUT2D eigenvalue weighted by atomic mass is 35.5. The first-order chi connectivity index (χ1) is 11.8. The third kappa shape index (κ3) is 4.48. The molecule has 0 aliphatic rings. The fourth-order valence-corrected chi connectivity index (χ4v) is 2.46. The molecule has 1 N–H and O–H groups in total. The maximum Gasteiger partial charge on any atom is 0.274 e. The van der Waals surface area contributed by atoms with Crippen LogP contribution in [0, 0.1) is 24.0 Å². The van der Waals surface area contributed by atoms with Crippen molar-refractivity contribution < 1.29 is 14.5 Å². The van der Waals surface area contributed by atoms with Gasteiger partial charge in [-0.05, 0) is 50.1 Å². The molecule has 0 aliphatic carbocycles. The quantitative estimate of drug-likeness (QED) is 0.598. The Balaban J connectivity index is 2.16. The van der Waals surface area contributed by atoms with Gasteiger partial charge in [-0.2, -0.15) is 0 Å². The second-order valence-corrected chi connectivity index (χ2v) is 6.03. The summed E-state index contributed by atoms with van der Waals surface area (Å²) in [6.07, 6.45) is -0.277. The van der Waals surface area contributed by atoms with Crippen molar-refractivity contribution in [3.63, 3.8) is 0 Å². The fourth-order valence-electron chi connectivity index (χ4n) is 2.35. The number of nitrogens with one attached hydrogen (secondary N) is 1. The van der Waals surface area contributed by atoms with Crippen LogP contribution in [0.3, 0.4) is 0 Å². The third-order valence-electron chi connectivity index (χ3n) is 3.83. The number of ether oxygens (including phenoxy) is 1. The summed E-state index contributed by atoms with van der Waals surface area (Å²) in [5.74, 6) is 0.179. The van der Waals surface area contributed by atoms with E-state index in [0.717, 1.165) is 5.56 Å². The molecule has 6 nitrogen and oxygen atoms in total. The van der Waals surface area contributed by atoms with Crippen LogP contribution in [-0.4, -0.2) is 16.9 Å². The first-order valence-corrected chi connectivity index (χ1v) is 8.19. The number of rotatable bonds is 6. The van der Waals surface area contributed by atoms with Crippen LogP contribution in [0.15, 0.2) is 36.4 Å². The summed E-state index contributed by atoms with van der Waals surface area (Å²) in [5.41, 5.74) is 1.61. The molecule has 1 amide bonds. The van der Waals surface area contributed by atoms with Crippen LogP contribution in [0.5, 0.6) is 5.75 Å². The van der Waals surface area contributed by atoms with Crippen LogP contribution in [0.2, 0.25) is 5.02 Å². The zero-order valence-electron chi connectivity index (χ0n) is 14.2.